The number of carbonyl (C=O) groups excluding carboxylic acids is 1. The van der Waals surface area contributed by atoms with Gasteiger partial charge in [0.15, 0.2) is 5.16 Å². The number of aryl methyl sites for hydroxylation is 2. The SMILES string of the molecule is Cc1ccc(-n2c(SCC(=O)N3CCc4ccccc43)nc3cc(C)[nH]c3c2=O)cc1. The van der Waals surface area contributed by atoms with Gasteiger partial charge in [0.2, 0.25) is 5.91 Å². The highest BCUT2D eigenvalue weighted by Gasteiger charge is 2.25. The molecule has 0 saturated carbocycles. The molecular formula is C24H22N4O2S. The molecule has 3 heterocycles. The first kappa shape index (κ1) is 19.6. The van der Waals surface area contributed by atoms with Crippen molar-refractivity contribution in [3.8, 4) is 5.69 Å². The number of anilines is 1. The minimum atomic E-state index is -0.163. The summed E-state index contributed by atoms with van der Waals surface area (Å²) in [6, 6.07) is 17.6. The van der Waals surface area contributed by atoms with E-state index in [1.165, 1.54) is 17.3 Å². The summed E-state index contributed by atoms with van der Waals surface area (Å²) in [5.74, 6) is 0.228. The number of aromatic nitrogens is 3. The predicted octanol–water partition coefficient (Wildman–Crippen LogP) is 4.01. The highest BCUT2D eigenvalue weighted by atomic mass is 32.2. The Kier molecular flexibility index (Phi) is 4.90. The third kappa shape index (κ3) is 3.55. The van der Waals surface area contributed by atoms with E-state index in [4.69, 9.17) is 4.98 Å². The van der Waals surface area contributed by atoms with Gasteiger partial charge in [-0.25, -0.2) is 4.98 Å². The van der Waals surface area contributed by atoms with E-state index < -0.39 is 0 Å². The van der Waals surface area contributed by atoms with Crippen molar-refractivity contribution >= 4 is 34.4 Å². The van der Waals surface area contributed by atoms with Gasteiger partial charge in [-0.3, -0.25) is 14.2 Å². The van der Waals surface area contributed by atoms with Crippen molar-refractivity contribution < 1.29 is 4.79 Å². The van der Waals surface area contributed by atoms with Gasteiger partial charge in [-0.05, 0) is 50.1 Å². The van der Waals surface area contributed by atoms with Gasteiger partial charge in [-0.15, -0.1) is 0 Å². The molecule has 0 unspecified atom stereocenters. The van der Waals surface area contributed by atoms with Crippen LogP contribution in [0.25, 0.3) is 16.7 Å². The summed E-state index contributed by atoms with van der Waals surface area (Å²) in [6.45, 7) is 4.59. The molecule has 4 aromatic rings. The summed E-state index contributed by atoms with van der Waals surface area (Å²) in [5, 5.41) is 0.515. The highest BCUT2D eigenvalue weighted by molar-refractivity contribution is 7.99. The zero-order valence-electron chi connectivity index (χ0n) is 17.4. The molecule has 0 aliphatic carbocycles. The number of hydrogen-bond donors (Lipinski definition) is 1. The molecule has 31 heavy (non-hydrogen) atoms. The number of fused-ring (bicyclic) bond motifs is 2. The van der Waals surface area contributed by atoms with Crippen molar-refractivity contribution in [2.45, 2.75) is 25.4 Å². The second kappa shape index (κ2) is 7.74. The van der Waals surface area contributed by atoms with Gasteiger partial charge in [-0.1, -0.05) is 47.7 Å². The minimum Gasteiger partial charge on any atom is -0.353 e. The third-order valence-electron chi connectivity index (χ3n) is 5.56. The fourth-order valence-corrected chi connectivity index (χ4v) is 4.89. The van der Waals surface area contributed by atoms with Crippen LogP contribution in [0.15, 0.2) is 64.5 Å². The number of nitrogens with zero attached hydrogens (tertiary/aromatic N) is 3. The molecule has 0 fully saturated rings. The van der Waals surface area contributed by atoms with Crippen molar-refractivity contribution in [3.63, 3.8) is 0 Å². The molecule has 0 saturated heterocycles. The first-order valence-electron chi connectivity index (χ1n) is 10.2. The molecule has 5 rings (SSSR count). The van der Waals surface area contributed by atoms with Crippen LogP contribution < -0.4 is 10.5 Å². The number of para-hydroxylation sites is 1. The maximum Gasteiger partial charge on any atom is 0.283 e. The molecule has 7 heteroatoms. The fourth-order valence-electron chi connectivity index (χ4n) is 4.00. The number of H-pyrrole nitrogens is 1. The molecular weight excluding hydrogens is 408 g/mol. The maximum atomic E-state index is 13.3. The lowest BCUT2D eigenvalue weighted by Gasteiger charge is -2.18. The van der Waals surface area contributed by atoms with Gasteiger partial charge in [-0.2, -0.15) is 0 Å². The number of carbonyl (C=O) groups is 1. The molecule has 0 spiro atoms. The Hall–Kier alpha value is -3.32. The van der Waals surface area contributed by atoms with E-state index in [1.54, 1.807) is 4.57 Å². The van der Waals surface area contributed by atoms with Crippen molar-refractivity contribution in [1.29, 1.82) is 0 Å². The number of amides is 1. The Balaban J connectivity index is 1.50. The van der Waals surface area contributed by atoms with Gasteiger partial charge in [0.1, 0.15) is 5.52 Å². The summed E-state index contributed by atoms with van der Waals surface area (Å²) >= 11 is 1.30. The average molecular weight is 431 g/mol. The van der Waals surface area contributed by atoms with E-state index in [9.17, 15) is 9.59 Å². The van der Waals surface area contributed by atoms with Gasteiger partial charge in [0.25, 0.3) is 5.56 Å². The summed E-state index contributed by atoms with van der Waals surface area (Å²) in [6.07, 6.45) is 0.869. The van der Waals surface area contributed by atoms with Gasteiger partial charge < -0.3 is 9.88 Å². The van der Waals surface area contributed by atoms with Crippen LogP contribution in [0.1, 0.15) is 16.8 Å². The van der Waals surface area contributed by atoms with Gasteiger partial charge in [0.05, 0.1) is 17.0 Å². The van der Waals surface area contributed by atoms with E-state index in [2.05, 4.69) is 11.1 Å². The molecule has 2 aromatic carbocycles. The molecule has 6 nitrogen and oxygen atoms in total. The molecule has 1 aliphatic rings. The zero-order valence-corrected chi connectivity index (χ0v) is 18.2. The number of thioether (sulfide) groups is 1. The number of benzene rings is 2. The normalized spacial score (nSPS) is 13.0. The lowest BCUT2D eigenvalue weighted by molar-refractivity contribution is -0.116. The maximum absolute atomic E-state index is 13.3. The largest absolute Gasteiger partial charge is 0.353 e. The van der Waals surface area contributed by atoms with Crippen LogP contribution in [0.3, 0.4) is 0 Å². The topological polar surface area (TPSA) is 71.0 Å². The van der Waals surface area contributed by atoms with Crippen LogP contribution in [0.2, 0.25) is 0 Å². The predicted molar refractivity (Wildman–Crippen MR) is 124 cm³/mol. The number of hydrogen-bond acceptors (Lipinski definition) is 4. The fraction of sp³-hybridized carbons (Fsp3) is 0.208. The lowest BCUT2D eigenvalue weighted by Crippen LogP contribution is -2.31. The molecule has 0 radical (unpaired) electrons. The van der Waals surface area contributed by atoms with Crippen molar-refractivity contribution in [2.75, 3.05) is 17.2 Å². The van der Waals surface area contributed by atoms with E-state index >= 15 is 0 Å². The first-order chi connectivity index (χ1) is 15.0. The summed E-state index contributed by atoms with van der Waals surface area (Å²) in [7, 11) is 0. The number of rotatable bonds is 4. The Bertz CT molecular complexity index is 1350. The molecule has 156 valence electrons. The Morgan fingerprint density at radius 1 is 1.13 bits per heavy atom. The number of aromatic amines is 1. The number of nitrogens with one attached hydrogen (secondary N) is 1. The molecule has 1 amide bonds. The van der Waals surface area contributed by atoms with Crippen LogP contribution in [-0.4, -0.2) is 32.7 Å². The zero-order chi connectivity index (χ0) is 21.5. The van der Waals surface area contributed by atoms with Crippen LogP contribution in [0, 0.1) is 13.8 Å². The van der Waals surface area contributed by atoms with Crippen molar-refractivity contribution in [2.24, 2.45) is 0 Å². The van der Waals surface area contributed by atoms with E-state index in [0.29, 0.717) is 22.7 Å². The Labute approximate surface area is 183 Å². The lowest BCUT2D eigenvalue weighted by atomic mass is 10.2. The average Bonchev–Trinajstić information content (AvgIpc) is 3.36. The van der Waals surface area contributed by atoms with Crippen LogP contribution in [-0.2, 0) is 11.2 Å². The highest BCUT2D eigenvalue weighted by Crippen LogP contribution is 2.29. The first-order valence-corrected chi connectivity index (χ1v) is 11.2. The second-order valence-corrected chi connectivity index (χ2v) is 8.74. The van der Waals surface area contributed by atoms with Gasteiger partial charge >= 0.3 is 0 Å². The van der Waals surface area contributed by atoms with Gasteiger partial charge in [0, 0.05) is 17.9 Å². The second-order valence-electron chi connectivity index (χ2n) is 7.80. The van der Waals surface area contributed by atoms with E-state index in [0.717, 1.165) is 29.1 Å². The summed E-state index contributed by atoms with van der Waals surface area (Å²) in [5.41, 5.74) is 5.82. The molecule has 1 N–H and O–H groups in total. The summed E-state index contributed by atoms with van der Waals surface area (Å²) in [4.78, 5) is 36.0. The van der Waals surface area contributed by atoms with E-state index in [-0.39, 0.29) is 17.2 Å². The van der Waals surface area contributed by atoms with Crippen molar-refractivity contribution in [1.82, 2.24) is 14.5 Å². The smallest absolute Gasteiger partial charge is 0.283 e. The Morgan fingerprint density at radius 2 is 1.90 bits per heavy atom. The van der Waals surface area contributed by atoms with Crippen LogP contribution in [0.4, 0.5) is 5.69 Å². The minimum absolute atomic E-state index is 0.0185. The quantitative estimate of drug-likeness (QED) is 0.392. The van der Waals surface area contributed by atoms with E-state index in [1.807, 2.05) is 67.3 Å². The van der Waals surface area contributed by atoms with Crippen LogP contribution >= 0.6 is 11.8 Å². The van der Waals surface area contributed by atoms with Crippen LogP contribution in [0.5, 0.6) is 0 Å². The third-order valence-corrected chi connectivity index (χ3v) is 6.48. The monoisotopic (exact) mass is 430 g/mol. The summed E-state index contributed by atoms with van der Waals surface area (Å²) < 4.78 is 1.59. The molecule has 1 aliphatic heterocycles. The standard InChI is InChI=1S/C24H22N4O2S/c1-15-7-9-18(10-8-15)28-23(30)22-19(13-16(2)25-22)26-24(28)31-14-21(29)27-12-11-17-5-3-4-6-20(17)27/h3-10,13,25H,11-12,14H2,1-2H3. The van der Waals surface area contributed by atoms with Crippen molar-refractivity contribution in [3.05, 3.63) is 81.8 Å². The molecule has 0 atom stereocenters. The molecule has 0 bridgehead atoms. The Morgan fingerprint density at radius 3 is 2.71 bits per heavy atom. The molecule has 2 aromatic heterocycles.